The third kappa shape index (κ3) is 0.970. The van der Waals surface area contributed by atoms with Gasteiger partial charge >= 0.3 is 5.97 Å². The molecule has 2 nitrogen and oxygen atoms in total. The van der Waals surface area contributed by atoms with Gasteiger partial charge in [-0.1, -0.05) is 6.42 Å². The summed E-state index contributed by atoms with van der Waals surface area (Å²) < 4.78 is 5.34. The van der Waals surface area contributed by atoms with Gasteiger partial charge in [-0.25, -0.2) is 0 Å². The van der Waals surface area contributed by atoms with E-state index in [1.165, 1.54) is 19.3 Å². The summed E-state index contributed by atoms with van der Waals surface area (Å²) in [6, 6.07) is 0. The Hall–Kier alpha value is -0.530. The Morgan fingerprint density at radius 3 is 2.67 bits per heavy atom. The molecule has 2 heteroatoms. The topological polar surface area (TPSA) is 26.3 Å². The van der Waals surface area contributed by atoms with Crippen molar-refractivity contribution in [2.75, 3.05) is 0 Å². The van der Waals surface area contributed by atoms with E-state index in [0.29, 0.717) is 5.92 Å². The molecule has 0 spiro atoms. The molecule has 0 aromatic heterocycles. The van der Waals surface area contributed by atoms with E-state index >= 15 is 0 Å². The lowest BCUT2D eigenvalue weighted by atomic mass is 9.72. The lowest BCUT2D eigenvalue weighted by Crippen LogP contribution is -2.30. The van der Waals surface area contributed by atoms with Crippen LogP contribution in [0.1, 0.15) is 39.5 Å². The first-order valence-electron chi connectivity index (χ1n) is 4.83. The summed E-state index contributed by atoms with van der Waals surface area (Å²) in [5.41, 5.74) is -0.217. The molecule has 2 aliphatic rings. The minimum Gasteiger partial charge on any atom is -0.462 e. The molecule has 0 radical (unpaired) electrons. The molecule has 1 aliphatic heterocycles. The van der Waals surface area contributed by atoms with Crippen LogP contribution < -0.4 is 0 Å². The second-order valence-corrected chi connectivity index (χ2v) is 4.56. The van der Waals surface area contributed by atoms with Crippen LogP contribution in [0.2, 0.25) is 0 Å². The highest BCUT2D eigenvalue weighted by Crippen LogP contribution is 2.46. The zero-order valence-electron chi connectivity index (χ0n) is 7.80. The lowest BCUT2D eigenvalue weighted by Gasteiger charge is -2.28. The number of esters is 1. The van der Waals surface area contributed by atoms with Gasteiger partial charge in [-0.05, 0) is 33.1 Å². The monoisotopic (exact) mass is 168 g/mol. The van der Waals surface area contributed by atoms with E-state index in [9.17, 15) is 4.79 Å². The van der Waals surface area contributed by atoms with E-state index in [0.717, 1.165) is 6.42 Å². The Morgan fingerprint density at radius 1 is 1.33 bits per heavy atom. The maximum atomic E-state index is 11.4. The van der Waals surface area contributed by atoms with Crippen LogP contribution in [0.3, 0.4) is 0 Å². The molecule has 0 N–H and O–H groups in total. The number of carbonyl (C=O) groups excluding carboxylic acids is 1. The van der Waals surface area contributed by atoms with E-state index < -0.39 is 0 Å². The molecule has 2 rings (SSSR count). The Kier molecular flexibility index (Phi) is 1.67. The van der Waals surface area contributed by atoms with Crippen molar-refractivity contribution in [1.29, 1.82) is 0 Å². The van der Waals surface area contributed by atoms with Crippen LogP contribution in [0.25, 0.3) is 0 Å². The van der Waals surface area contributed by atoms with Gasteiger partial charge in [0, 0.05) is 5.92 Å². The van der Waals surface area contributed by atoms with Gasteiger partial charge in [0.15, 0.2) is 0 Å². The van der Waals surface area contributed by atoms with E-state index in [-0.39, 0.29) is 17.5 Å². The van der Waals surface area contributed by atoms with Crippen molar-refractivity contribution in [2.24, 2.45) is 11.3 Å². The quantitative estimate of drug-likeness (QED) is 0.518. The Labute approximate surface area is 73.3 Å². The summed E-state index contributed by atoms with van der Waals surface area (Å²) in [5, 5.41) is 0. The van der Waals surface area contributed by atoms with Crippen molar-refractivity contribution in [1.82, 2.24) is 0 Å². The predicted molar refractivity (Wildman–Crippen MR) is 45.6 cm³/mol. The molecule has 0 amide bonds. The maximum absolute atomic E-state index is 11.4. The molecule has 0 aromatic carbocycles. The molecule has 1 heterocycles. The molecule has 1 aliphatic carbocycles. The van der Waals surface area contributed by atoms with Crippen LogP contribution in [0.15, 0.2) is 0 Å². The van der Waals surface area contributed by atoms with Gasteiger partial charge in [0.25, 0.3) is 0 Å². The number of fused-ring (bicyclic) bond motifs is 1. The van der Waals surface area contributed by atoms with Gasteiger partial charge in [0.1, 0.15) is 6.10 Å². The number of hydrogen-bond donors (Lipinski definition) is 0. The minimum atomic E-state index is -0.217. The SMILES string of the molecule is CC1(C)C(=O)O[C@H]2CCCC[C@@H]21. The first-order valence-corrected chi connectivity index (χ1v) is 4.83. The average Bonchev–Trinajstić information content (AvgIpc) is 2.25. The number of hydrogen-bond acceptors (Lipinski definition) is 2. The van der Waals surface area contributed by atoms with E-state index in [4.69, 9.17) is 4.74 Å². The molecule has 0 aromatic rings. The number of carbonyl (C=O) groups is 1. The van der Waals surface area contributed by atoms with Crippen LogP contribution in [0.5, 0.6) is 0 Å². The van der Waals surface area contributed by atoms with Crippen molar-refractivity contribution in [2.45, 2.75) is 45.6 Å². The fourth-order valence-electron chi connectivity index (χ4n) is 2.50. The van der Waals surface area contributed by atoms with Crippen LogP contribution in [0, 0.1) is 11.3 Å². The van der Waals surface area contributed by atoms with Gasteiger partial charge in [-0.15, -0.1) is 0 Å². The second-order valence-electron chi connectivity index (χ2n) is 4.56. The Morgan fingerprint density at radius 2 is 2.00 bits per heavy atom. The van der Waals surface area contributed by atoms with Gasteiger partial charge in [0.2, 0.25) is 0 Å². The summed E-state index contributed by atoms with van der Waals surface area (Å²) in [6.07, 6.45) is 4.98. The zero-order valence-corrected chi connectivity index (χ0v) is 7.80. The number of ether oxygens (including phenoxy) is 1. The minimum absolute atomic E-state index is 0.0133. The van der Waals surface area contributed by atoms with Gasteiger partial charge in [0.05, 0.1) is 5.41 Å². The molecule has 12 heavy (non-hydrogen) atoms. The van der Waals surface area contributed by atoms with Crippen LogP contribution >= 0.6 is 0 Å². The molecule has 0 unspecified atom stereocenters. The predicted octanol–water partition coefficient (Wildman–Crippen LogP) is 2.13. The van der Waals surface area contributed by atoms with Crippen molar-refractivity contribution in [3.63, 3.8) is 0 Å². The van der Waals surface area contributed by atoms with E-state index in [1.807, 2.05) is 13.8 Å². The van der Waals surface area contributed by atoms with Crippen molar-refractivity contribution >= 4 is 5.97 Å². The number of rotatable bonds is 0. The zero-order chi connectivity index (χ0) is 8.77. The standard InChI is InChI=1S/C10H16O2/c1-10(2)7-5-3-4-6-8(7)12-9(10)11/h7-8H,3-6H2,1-2H3/t7-,8-/m0/s1. The third-order valence-corrected chi connectivity index (χ3v) is 3.41. The molecular weight excluding hydrogens is 152 g/mol. The Balaban J connectivity index is 2.22. The summed E-state index contributed by atoms with van der Waals surface area (Å²) >= 11 is 0. The average molecular weight is 168 g/mol. The van der Waals surface area contributed by atoms with Crippen molar-refractivity contribution in [3.8, 4) is 0 Å². The molecule has 1 saturated heterocycles. The highest BCUT2D eigenvalue weighted by Gasteiger charge is 2.51. The van der Waals surface area contributed by atoms with Crippen LogP contribution in [0.4, 0.5) is 0 Å². The fourth-order valence-corrected chi connectivity index (χ4v) is 2.50. The molecule has 0 bridgehead atoms. The first-order chi connectivity index (χ1) is 5.62. The largest absolute Gasteiger partial charge is 0.462 e. The summed E-state index contributed by atoms with van der Waals surface area (Å²) in [7, 11) is 0. The van der Waals surface area contributed by atoms with Crippen molar-refractivity contribution < 1.29 is 9.53 Å². The molecule has 1 saturated carbocycles. The smallest absolute Gasteiger partial charge is 0.312 e. The normalized spacial score (nSPS) is 39.0. The summed E-state index contributed by atoms with van der Waals surface area (Å²) in [6.45, 7) is 4.04. The Bertz CT molecular complexity index is 208. The van der Waals surface area contributed by atoms with E-state index in [1.54, 1.807) is 0 Å². The lowest BCUT2D eigenvalue weighted by molar-refractivity contribution is -0.147. The second kappa shape index (κ2) is 2.48. The molecular formula is C10H16O2. The van der Waals surface area contributed by atoms with Gasteiger partial charge in [-0.2, -0.15) is 0 Å². The maximum Gasteiger partial charge on any atom is 0.312 e. The van der Waals surface area contributed by atoms with E-state index in [2.05, 4.69) is 0 Å². The fraction of sp³-hybridized carbons (Fsp3) is 0.900. The van der Waals surface area contributed by atoms with Crippen LogP contribution in [-0.2, 0) is 9.53 Å². The summed E-state index contributed by atoms with van der Waals surface area (Å²) in [4.78, 5) is 11.4. The third-order valence-electron chi connectivity index (χ3n) is 3.41. The first kappa shape index (κ1) is 8.09. The molecule has 68 valence electrons. The highest BCUT2D eigenvalue weighted by atomic mass is 16.6. The van der Waals surface area contributed by atoms with Crippen molar-refractivity contribution in [3.05, 3.63) is 0 Å². The highest BCUT2D eigenvalue weighted by molar-refractivity contribution is 5.78. The molecule has 2 atom stereocenters. The summed E-state index contributed by atoms with van der Waals surface area (Å²) in [5.74, 6) is 0.498. The van der Waals surface area contributed by atoms with Gasteiger partial charge in [-0.3, -0.25) is 4.79 Å². The van der Waals surface area contributed by atoms with Gasteiger partial charge < -0.3 is 4.74 Å². The van der Waals surface area contributed by atoms with Crippen LogP contribution in [-0.4, -0.2) is 12.1 Å². The molecule has 2 fully saturated rings.